The highest BCUT2D eigenvalue weighted by Crippen LogP contribution is 2.36. The van der Waals surface area contributed by atoms with Crippen molar-refractivity contribution < 1.29 is 0 Å². The monoisotopic (exact) mass is 380 g/mol. The minimum absolute atomic E-state index is 0.488. The molecule has 0 atom stereocenters. The van der Waals surface area contributed by atoms with Gasteiger partial charge in [0.2, 0.25) is 0 Å². The Morgan fingerprint density at radius 1 is 0.655 bits per heavy atom. The van der Waals surface area contributed by atoms with Crippen molar-refractivity contribution in [2.75, 3.05) is 0 Å². The summed E-state index contributed by atoms with van der Waals surface area (Å²) in [6.07, 6.45) is 3.89. The fraction of sp³-hybridized carbons (Fsp3) is 0.222. The van der Waals surface area contributed by atoms with Gasteiger partial charge in [0.05, 0.1) is 0 Å². The van der Waals surface area contributed by atoms with E-state index in [-0.39, 0.29) is 0 Å². The van der Waals surface area contributed by atoms with Crippen molar-refractivity contribution in [3.8, 4) is 28.2 Å². The quantitative estimate of drug-likeness (QED) is 0.351. The highest BCUT2D eigenvalue weighted by molar-refractivity contribution is 5.73. The zero-order valence-corrected chi connectivity index (χ0v) is 17.6. The van der Waals surface area contributed by atoms with Gasteiger partial charge in [0.1, 0.15) is 5.82 Å². The summed E-state index contributed by atoms with van der Waals surface area (Å²) in [5.74, 6) is 1.94. The van der Waals surface area contributed by atoms with Gasteiger partial charge in [0, 0.05) is 23.6 Å². The van der Waals surface area contributed by atoms with E-state index >= 15 is 0 Å². The Bertz CT molecular complexity index is 1060. The van der Waals surface area contributed by atoms with Crippen LogP contribution < -0.4 is 0 Å². The fourth-order valence-electron chi connectivity index (χ4n) is 3.99. The summed E-state index contributed by atoms with van der Waals surface area (Å²) in [5, 5.41) is 0. The molecular weight excluding hydrogens is 352 g/mol. The van der Waals surface area contributed by atoms with Crippen molar-refractivity contribution >= 4 is 0 Å². The maximum absolute atomic E-state index is 4.58. The number of rotatable bonds is 5. The van der Waals surface area contributed by atoms with Crippen LogP contribution in [0.4, 0.5) is 0 Å². The summed E-state index contributed by atoms with van der Waals surface area (Å²) >= 11 is 0. The van der Waals surface area contributed by atoms with E-state index in [1.165, 1.54) is 22.3 Å². The van der Waals surface area contributed by atoms with Crippen molar-refractivity contribution in [1.29, 1.82) is 0 Å². The maximum Gasteiger partial charge on any atom is 0.144 e. The smallest absolute Gasteiger partial charge is 0.144 e. The molecule has 146 valence electrons. The summed E-state index contributed by atoms with van der Waals surface area (Å²) in [5.41, 5.74) is 7.74. The average molecular weight is 381 g/mol. The zero-order valence-electron chi connectivity index (χ0n) is 17.6. The molecule has 0 fully saturated rings. The van der Waals surface area contributed by atoms with E-state index in [4.69, 9.17) is 0 Å². The SMILES string of the molecule is CC(C)c1cccc(C(C)C)c1-c1ccc(-n2ccnc2-c2ccccc2)cc1. The molecule has 1 aromatic heterocycles. The molecule has 0 amide bonds. The first-order chi connectivity index (χ1) is 14.1. The van der Waals surface area contributed by atoms with Crippen molar-refractivity contribution in [3.63, 3.8) is 0 Å². The third-order valence-electron chi connectivity index (χ3n) is 5.48. The Morgan fingerprint density at radius 2 is 1.28 bits per heavy atom. The van der Waals surface area contributed by atoms with Crippen LogP contribution in [-0.2, 0) is 0 Å². The molecule has 1 heterocycles. The first-order valence-electron chi connectivity index (χ1n) is 10.4. The first kappa shape index (κ1) is 19.2. The molecule has 0 saturated carbocycles. The second-order valence-corrected chi connectivity index (χ2v) is 8.15. The van der Waals surface area contributed by atoms with Gasteiger partial charge in [-0.3, -0.25) is 4.57 Å². The summed E-state index contributed by atoms with van der Waals surface area (Å²) in [6, 6.07) is 25.9. The van der Waals surface area contributed by atoms with E-state index in [0.717, 1.165) is 17.1 Å². The van der Waals surface area contributed by atoms with Crippen molar-refractivity contribution in [2.24, 2.45) is 0 Å². The number of hydrogen-bond donors (Lipinski definition) is 0. The molecule has 0 aliphatic heterocycles. The number of imidazole rings is 1. The Labute approximate surface area is 173 Å². The lowest BCUT2D eigenvalue weighted by atomic mass is 9.85. The van der Waals surface area contributed by atoms with Crippen LogP contribution in [0, 0.1) is 0 Å². The Kier molecular flexibility index (Phi) is 5.35. The molecule has 0 N–H and O–H groups in total. The summed E-state index contributed by atoms with van der Waals surface area (Å²) in [4.78, 5) is 4.58. The molecule has 0 aliphatic rings. The molecule has 29 heavy (non-hydrogen) atoms. The van der Waals surface area contributed by atoms with Crippen LogP contribution in [0.1, 0.15) is 50.7 Å². The summed E-state index contributed by atoms with van der Waals surface area (Å²) in [6.45, 7) is 9.09. The van der Waals surface area contributed by atoms with Gasteiger partial charge in [-0.25, -0.2) is 4.98 Å². The minimum atomic E-state index is 0.488. The van der Waals surface area contributed by atoms with Gasteiger partial charge in [-0.2, -0.15) is 0 Å². The molecule has 4 rings (SSSR count). The van der Waals surface area contributed by atoms with Crippen LogP contribution in [0.15, 0.2) is 85.2 Å². The number of nitrogens with zero attached hydrogens (tertiary/aromatic N) is 2. The van der Waals surface area contributed by atoms with Gasteiger partial charge in [-0.05, 0) is 46.2 Å². The topological polar surface area (TPSA) is 17.8 Å². The van der Waals surface area contributed by atoms with E-state index in [0.29, 0.717) is 11.8 Å². The third-order valence-corrected chi connectivity index (χ3v) is 5.48. The van der Waals surface area contributed by atoms with E-state index in [1.807, 2.05) is 30.6 Å². The van der Waals surface area contributed by atoms with Gasteiger partial charge in [-0.15, -0.1) is 0 Å². The summed E-state index contributed by atoms with van der Waals surface area (Å²) in [7, 11) is 0. The summed E-state index contributed by atoms with van der Waals surface area (Å²) < 4.78 is 2.15. The predicted octanol–water partition coefficient (Wildman–Crippen LogP) is 7.45. The van der Waals surface area contributed by atoms with Gasteiger partial charge in [-0.1, -0.05) is 88.4 Å². The molecule has 0 bridgehead atoms. The van der Waals surface area contributed by atoms with Crippen LogP contribution in [0.3, 0.4) is 0 Å². The fourth-order valence-corrected chi connectivity index (χ4v) is 3.99. The van der Waals surface area contributed by atoms with Crippen LogP contribution in [0.5, 0.6) is 0 Å². The molecule has 0 unspecified atom stereocenters. The first-order valence-corrected chi connectivity index (χ1v) is 10.4. The Morgan fingerprint density at radius 3 is 1.86 bits per heavy atom. The van der Waals surface area contributed by atoms with E-state index < -0.39 is 0 Å². The van der Waals surface area contributed by atoms with Crippen molar-refractivity contribution in [3.05, 3.63) is 96.3 Å². The number of benzene rings is 3. The normalized spacial score (nSPS) is 11.4. The van der Waals surface area contributed by atoms with Gasteiger partial charge in [0.25, 0.3) is 0 Å². The second kappa shape index (κ2) is 8.08. The number of hydrogen-bond acceptors (Lipinski definition) is 1. The standard InChI is InChI=1S/C27H28N2/c1-19(2)24-11-8-12-25(20(3)4)26(24)21-13-15-23(16-14-21)29-18-17-28-27(29)22-9-6-5-7-10-22/h5-20H,1-4H3. The maximum atomic E-state index is 4.58. The third kappa shape index (κ3) is 3.75. The molecule has 3 aromatic carbocycles. The van der Waals surface area contributed by atoms with E-state index in [9.17, 15) is 0 Å². The highest BCUT2D eigenvalue weighted by atomic mass is 15.1. The van der Waals surface area contributed by atoms with Crippen molar-refractivity contribution in [2.45, 2.75) is 39.5 Å². The number of aromatic nitrogens is 2. The Hall–Kier alpha value is -3.13. The second-order valence-electron chi connectivity index (χ2n) is 8.15. The van der Waals surface area contributed by atoms with Crippen LogP contribution in [0.25, 0.3) is 28.2 Å². The largest absolute Gasteiger partial charge is 0.300 e. The molecular formula is C27H28N2. The molecule has 4 aromatic rings. The lowest BCUT2D eigenvalue weighted by Crippen LogP contribution is -2.00. The van der Waals surface area contributed by atoms with Gasteiger partial charge in [0.15, 0.2) is 0 Å². The van der Waals surface area contributed by atoms with Gasteiger partial charge < -0.3 is 0 Å². The highest BCUT2D eigenvalue weighted by Gasteiger charge is 2.15. The van der Waals surface area contributed by atoms with E-state index in [2.05, 4.69) is 91.8 Å². The van der Waals surface area contributed by atoms with Crippen molar-refractivity contribution in [1.82, 2.24) is 9.55 Å². The minimum Gasteiger partial charge on any atom is -0.300 e. The molecule has 0 spiro atoms. The van der Waals surface area contributed by atoms with Crippen LogP contribution in [0.2, 0.25) is 0 Å². The Balaban J connectivity index is 1.77. The van der Waals surface area contributed by atoms with Crippen LogP contribution >= 0.6 is 0 Å². The van der Waals surface area contributed by atoms with Gasteiger partial charge >= 0.3 is 0 Å². The molecule has 0 radical (unpaired) electrons. The van der Waals surface area contributed by atoms with Crippen LogP contribution in [-0.4, -0.2) is 9.55 Å². The average Bonchev–Trinajstić information content (AvgIpc) is 3.24. The zero-order chi connectivity index (χ0) is 20.4. The molecule has 2 heteroatoms. The molecule has 2 nitrogen and oxygen atoms in total. The van der Waals surface area contributed by atoms with E-state index in [1.54, 1.807) is 0 Å². The molecule has 0 aliphatic carbocycles. The predicted molar refractivity (Wildman–Crippen MR) is 123 cm³/mol. The lowest BCUT2D eigenvalue weighted by molar-refractivity contribution is 0.838. The lowest BCUT2D eigenvalue weighted by Gasteiger charge is -2.20. The molecule has 0 saturated heterocycles.